The van der Waals surface area contributed by atoms with Gasteiger partial charge in [0.15, 0.2) is 0 Å². The molecule has 2 nitrogen and oxygen atoms in total. The van der Waals surface area contributed by atoms with E-state index in [1.807, 2.05) is 6.92 Å². The van der Waals surface area contributed by atoms with Gasteiger partial charge in [0.25, 0.3) is 0 Å². The van der Waals surface area contributed by atoms with Crippen molar-refractivity contribution in [1.29, 1.82) is 0 Å². The Labute approximate surface area is 105 Å². The molecule has 1 rings (SSSR count). The molecule has 2 unspecified atom stereocenters. The molecule has 96 valence electrons. The zero-order valence-electron chi connectivity index (χ0n) is 11.7. The molecule has 0 saturated heterocycles. The molecular weight excluding hydrogens is 208 g/mol. The summed E-state index contributed by atoms with van der Waals surface area (Å²) in [5.74, 6) is 0. The SMILES string of the molecule is Cc1cc(C(C)(C)C)ccc1C(N)CC(C)N. The van der Waals surface area contributed by atoms with Crippen molar-refractivity contribution >= 4 is 0 Å². The van der Waals surface area contributed by atoms with E-state index in [2.05, 4.69) is 45.9 Å². The second-order valence-electron chi connectivity index (χ2n) is 6.14. The molecule has 0 amide bonds. The molecule has 0 aliphatic rings. The average molecular weight is 234 g/mol. The minimum absolute atomic E-state index is 0.0454. The van der Waals surface area contributed by atoms with E-state index in [4.69, 9.17) is 11.5 Å². The molecule has 17 heavy (non-hydrogen) atoms. The van der Waals surface area contributed by atoms with Crippen LogP contribution in [-0.4, -0.2) is 6.04 Å². The second-order valence-corrected chi connectivity index (χ2v) is 6.14. The van der Waals surface area contributed by atoms with Crippen molar-refractivity contribution in [2.24, 2.45) is 11.5 Å². The van der Waals surface area contributed by atoms with E-state index in [9.17, 15) is 0 Å². The topological polar surface area (TPSA) is 52.0 Å². The average Bonchev–Trinajstić information content (AvgIpc) is 2.14. The Morgan fingerprint density at radius 2 is 1.76 bits per heavy atom. The molecule has 2 heteroatoms. The summed E-state index contributed by atoms with van der Waals surface area (Å²) in [7, 11) is 0. The maximum Gasteiger partial charge on any atom is 0.0312 e. The molecule has 4 N–H and O–H groups in total. The van der Waals surface area contributed by atoms with Gasteiger partial charge in [-0.05, 0) is 42.4 Å². The highest BCUT2D eigenvalue weighted by Gasteiger charge is 2.16. The number of hydrogen-bond donors (Lipinski definition) is 2. The van der Waals surface area contributed by atoms with E-state index in [-0.39, 0.29) is 17.5 Å². The Kier molecular flexibility index (Phi) is 4.34. The van der Waals surface area contributed by atoms with Gasteiger partial charge in [-0.2, -0.15) is 0 Å². The van der Waals surface area contributed by atoms with Crippen molar-refractivity contribution in [3.63, 3.8) is 0 Å². The lowest BCUT2D eigenvalue weighted by Crippen LogP contribution is -2.24. The Morgan fingerprint density at radius 3 is 2.18 bits per heavy atom. The lowest BCUT2D eigenvalue weighted by molar-refractivity contribution is 0.562. The van der Waals surface area contributed by atoms with Crippen LogP contribution in [0.4, 0.5) is 0 Å². The zero-order chi connectivity index (χ0) is 13.2. The van der Waals surface area contributed by atoms with Crippen LogP contribution in [0.3, 0.4) is 0 Å². The first kappa shape index (κ1) is 14.2. The molecule has 0 spiro atoms. The number of nitrogens with two attached hydrogens (primary N) is 2. The normalized spacial score (nSPS) is 15.7. The first-order chi connectivity index (χ1) is 7.71. The fourth-order valence-corrected chi connectivity index (χ4v) is 2.09. The summed E-state index contributed by atoms with van der Waals surface area (Å²) in [5.41, 5.74) is 16.0. The summed E-state index contributed by atoms with van der Waals surface area (Å²) in [6.07, 6.45) is 0.829. The lowest BCUT2D eigenvalue weighted by Gasteiger charge is -2.23. The van der Waals surface area contributed by atoms with E-state index in [0.717, 1.165) is 6.42 Å². The van der Waals surface area contributed by atoms with Crippen LogP contribution in [0.1, 0.15) is 56.8 Å². The summed E-state index contributed by atoms with van der Waals surface area (Å²) in [6.45, 7) is 10.8. The maximum absolute atomic E-state index is 6.18. The third kappa shape index (κ3) is 3.83. The first-order valence-corrected chi connectivity index (χ1v) is 6.34. The van der Waals surface area contributed by atoms with Crippen molar-refractivity contribution in [1.82, 2.24) is 0 Å². The fourth-order valence-electron chi connectivity index (χ4n) is 2.09. The largest absolute Gasteiger partial charge is 0.328 e. The van der Waals surface area contributed by atoms with Crippen molar-refractivity contribution in [3.8, 4) is 0 Å². The van der Waals surface area contributed by atoms with Gasteiger partial charge in [0, 0.05) is 12.1 Å². The highest BCUT2D eigenvalue weighted by atomic mass is 14.7. The van der Waals surface area contributed by atoms with Gasteiger partial charge < -0.3 is 11.5 Å². The number of rotatable bonds is 3. The van der Waals surface area contributed by atoms with Crippen LogP contribution in [0.2, 0.25) is 0 Å². The van der Waals surface area contributed by atoms with Crippen molar-refractivity contribution in [2.75, 3.05) is 0 Å². The highest BCUT2D eigenvalue weighted by Crippen LogP contribution is 2.27. The number of hydrogen-bond acceptors (Lipinski definition) is 2. The van der Waals surface area contributed by atoms with Gasteiger partial charge in [-0.1, -0.05) is 39.0 Å². The van der Waals surface area contributed by atoms with Gasteiger partial charge in [0.05, 0.1) is 0 Å². The minimum atomic E-state index is 0.0454. The van der Waals surface area contributed by atoms with Gasteiger partial charge in [-0.15, -0.1) is 0 Å². The lowest BCUT2D eigenvalue weighted by atomic mass is 9.84. The third-order valence-corrected chi connectivity index (χ3v) is 3.16. The molecule has 0 bridgehead atoms. The molecule has 0 aliphatic heterocycles. The minimum Gasteiger partial charge on any atom is -0.328 e. The van der Waals surface area contributed by atoms with Crippen molar-refractivity contribution in [3.05, 3.63) is 34.9 Å². The summed E-state index contributed by atoms with van der Waals surface area (Å²) >= 11 is 0. The fraction of sp³-hybridized carbons (Fsp3) is 0.600. The molecule has 0 aliphatic carbocycles. The Hall–Kier alpha value is -0.860. The molecular formula is C15H26N2. The van der Waals surface area contributed by atoms with Gasteiger partial charge in [-0.3, -0.25) is 0 Å². The molecule has 2 atom stereocenters. The second kappa shape index (κ2) is 5.19. The summed E-state index contributed by atoms with van der Waals surface area (Å²) in [6, 6.07) is 6.78. The Balaban J connectivity index is 2.98. The zero-order valence-corrected chi connectivity index (χ0v) is 11.7. The van der Waals surface area contributed by atoms with E-state index in [1.54, 1.807) is 0 Å². The summed E-state index contributed by atoms with van der Waals surface area (Å²) in [5, 5.41) is 0. The van der Waals surface area contributed by atoms with E-state index < -0.39 is 0 Å². The van der Waals surface area contributed by atoms with Crippen LogP contribution in [0.15, 0.2) is 18.2 Å². The maximum atomic E-state index is 6.18. The first-order valence-electron chi connectivity index (χ1n) is 6.34. The van der Waals surface area contributed by atoms with Crippen LogP contribution >= 0.6 is 0 Å². The van der Waals surface area contributed by atoms with Crippen LogP contribution < -0.4 is 11.5 Å². The molecule has 1 aromatic carbocycles. The summed E-state index contributed by atoms with van der Waals surface area (Å²) in [4.78, 5) is 0. The predicted molar refractivity (Wildman–Crippen MR) is 75.1 cm³/mol. The van der Waals surface area contributed by atoms with Gasteiger partial charge in [0.1, 0.15) is 0 Å². The van der Waals surface area contributed by atoms with E-state index in [1.165, 1.54) is 16.7 Å². The highest BCUT2D eigenvalue weighted by molar-refractivity contribution is 5.36. The smallest absolute Gasteiger partial charge is 0.0312 e. The Bertz CT molecular complexity index is 375. The van der Waals surface area contributed by atoms with E-state index >= 15 is 0 Å². The molecule has 0 heterocycles. The van der Waals surface area contributed by atoms with Crippen molar-refractivity contribution < 1.29 is 0 Å². The predicted octanol–water partition coefficient (Wildman–Crippen LogP) is 3.03. The summed E-state index contributed by atoms with van der Waals surface area (Å²) < 4.78 is 0. The Morgan fingerprint density at radius 1 is 1.18 bits per heavy atom. The van der Waals surface area contributed by atoms with Gasteiger partial charge >= 0.3 is 0 Å². The standard InChI is InChI=1S/C15H26N2/c1-10-8-12(15(3,4)5)6-7-13(10)14(17)9-11(2)16/h6-8,11,14H,9,16-17H2,1-5H3. The van der Waals surface area contributed by atoms with Gasteiger partial charge in [-0.25, -0.2) is 0 Å². The number of benzene rings is 1. The molecule has 0 radical (unpaired) electrons. The molecule has 0 saturated carbocycles. The molecule has 0 aromatic heterocycles. The monoisotopic (exact) mass is 234 g/mol. The van der Waals surface area contributed by atoms with Gasteiger partial charge in [0.2, 0.25) is 0 Å². The van der Waals surface area contributed by atoms with E-state index in [0.29, 0.717) is 0 Å². The quantitative estimate of drug-likeness (QED) is 0.844. The van der Waals surface area contributed by atoms with Crippen LogP contribution in [0.5, 0.6) is 0 Å². The third-order valence-electron chi connectivity index (χ3n) is 3.16. The van der Waals surface area contributed by atoms with Crippen LogP contribution in [0.25, 0.3) is 0 Å². The number of aryl methyl sites for hydroxylation is 1. The molecule has 1 aromatic rings. The van der Waals surface area contributed by atoms with Crippen LogP contribution in [-0.2, 0) is 5.41 Å². The van der Waals surface area contributed by atoms with Crippen LogP contribution in [0, 0.1) is 6.92 Å². The molecule has 0 fully saturated rings. The van der Waals surface area contributed by atoms with Crippen molar-refractivity contribution in [2.45, 2.75) is 58.5 Å².